The van der Waals surface area contributed by atoms with Crippen LogP contribution in [-0.2, 0) is 4.74 Å². The summed E-state index contributed by atoms with van der Waals surface area (Å²) in [4.78, 5) is 20.9. The number of nitrogens with zero attached hydrogens (tertiary/aromatic N) is 5. The molecule has 0 aliphatic carbocycles. The second-order valence-electron chi connectivity index (χ2n) is 8.99. The van der Waals surface area contributed by atoms with Crippen LogP contribution >= 0.6 is 0 Å². The molecule has 1 fully saturated rings. The Balaban J connectivity index is 1.38. The first-order chi connectivity index (χ1) is 16.6. The van der Waals surface area contributed by atoms with E-state index in [4.69, 9.17) is 14.5 Å². The fourth-order valence-electron chi connectivity index (χ4n) is 4.42. The van der Waals surface area contributed by atoms with E-state index in [-0.39, 0.29) is 12.1 Å². The minimum Gasteiger partial charge on any atom is -0.473 e. The molecular formula is C25H31N7O2. The highest BCUT2D eigenvalue weighted by molar-refractivity contribution is 5.90. The number of aromatic nitrogens is 4. The molecule has 0 amide bonds. The minimum atomic E-state index is 0.117. The quantitative estimate of drug-likeness (QED) is 0.550. The molecule has 0 unspecified atom stereocenters. The van der Waals surface area contributed by atoms with E-state index in [9.17, 15) is 0 Å². The lowest BCUT2D eigenvalue weighted by atomic mass is 9.96. The van der Waals surface area contributed by atoms with Gasteiger partial charge in [-0.3, -0.25) is 0 Å². The molecule has 34 heavy (non-hydrogen) atoms. The average Bonchev–Trinajstić information content (AvgIpc) is 2.84. The van der Waals surface area contributed by atoms with Gasteiger partial charge in [-0.05, 0) is 50.1 Å². The minimum absolute atomic E-state index is 0.117. The van der Waals surface area contributed by atoms with Crippen molar-refractivity contribution >= 4 is 28.4 Å². The van der Waals surface area contributed by atoms with Crippen LogP contribution in [0, 0.1) is 0 Å². The summed E-state index contributed by atoms with van der Waals surface area (Å²) in [6.07, 6.45) is 7.95. The Morgan fingerprint density at radius 3 is 2.82 bits per heavy atom. The number of anilines is 2. The third-order valence-corrected chi connectivity index (χ3v) is 6.23. The van der Waals surface area contributed by atoms with Crippen LogP contribution in [0.4, 0.5) is 11.8 Å². The molecule has 2 aliphatic rings. The Bertz CT molecular complexity index is 1190. The van der Waals surface area contributed by atoms with Crippen molar-refractivity contribution in [3.05, 3.63) is 47.8 Å². The lowest BCUT2D eigenvalue weighted by Crippen LogP contribution is -2.35. The number of fused-ring (bicyclic) bond motifs is 2. The van der Waals surface area contributed by atoms with E-state index in [2.05, 4.69) is 55.7 Å². The molecule has 1 atom stereocenters. The van der Waals surface area contributed by atoms with Gasteiger partial charge in [0.1, 0.15) is 11.9 Å². The van der Waals surface area contributed by atoms with Gasteiger partial charge in [-0.15, -0.1) is 0 Å². The van der Waals surface area contributed by atoms with Gasteiger partial charge >= 0.3 is 0 Å². The van der Waals surface area contributed by atoms with Crippen molar-refractivity contribution in [1.29, 1.82) is 0 Å². The van der Waals surface area contributed by atoms with E-state index in [1.54, 1.807) is 13.3 Å². The monoisotopic (exact) mass is 461 g/mol. The Kier molecular flexibility index (Phi) is 6.55. The molecule has 9 nitrogen and oxygen atoms in total. The van der Waals surface area contributed by atoms with Crippen LogP contribution in [0.3, 0.4) is 0 Å². The van der Waals surface area contributed by atoms with Crippen LogP contribution in [-0.4, -0.2) is 77.4 Å². The summed E-state index contributed by atoms with van der Waals surface area (Å²) in [5.41, 5.74) is 4.75. The average molecular weight is 462 g/mol. The van der Waals surface area contributed by atoms with Crippen molar-refractivity contribution in [1.82, 2.24) is 24.8 Å². The van der Waals surface area contributed by atoms with Gasteiger partial charge in [0.05, 0.1) is 23.8 Å². The van der Waals surface area contributed by atoms with Crippen molar-refractivity contribution in [2.24, 2.45) is 0 Å². The van der Waals surface area contributed by atoms with E-state index in [0.29, 0.717) is 25.0 Å². The molecule has 2 aliphatic heterocycles. The molecule has 0 saturated carbocycles. The summed E-state index contributed by atoms with van der Waals surface area (Å²) < 4.78 is 11.3. The zero-order chi connectivity index (χ0) is 23.5. The van der Waals surface area contributed by atoms with E-state index >= 15 is 0 Å². The highest BCUT2D eigenvalue weighted by atomic mass is 16.5. The number of nitrogens with one attached hydrogen (secondary N) is 2. The van der Waals surface area contributed by atoms with Crippen molar-refractivity contribution in [3.8, 4) is 5.88 Å². The van der Waals surface area contributed by atoms with Crippen LogP contribution in [0.15, 0.2) is 36.7 Å². The first kappa shape index (κ1) is 22.5. The number of rotatable bonds is 7. The van der Waals surface area contributed by atoms with Gasteiger partial charge in [-0.1, -0.05) is 12.1 Å². The first-order valence-electron chi connectivity index (χ1n) is 11.8. The van der Waals surface area contributed by atoms with E-state index in [0.717, 1.165) is 59.5 Å². The molecule has 2 aromatic heterocycles. The van der Waals surface area contributed by atoms with Gasteiger partial charge in [-0.2, -0.15) is 4.98 Å². The molecule has 0 radical (unpaired) electrons. The van der Waals surface area contributed by atoms with Crippen molar-refractivity contribution < 1.29 is 9.47 Å². The summed E-state index contributed by atoms with van der Waals surface area (Å²) in [6, 6.07) is 6.26. The van der Waals surface area contributed by atoms with Crippen molar-refractivity contribution in [3.63, 3.8) is 0 Å². The maximum atomic E-state index is 6.15. The summed E-state index contributed by atoms with van der Waals surface area (Å²) in [6.45, 7) is 5.39. The summed E-state index contributed by atoms with van der Waals surface area (Å²) >= 11 is 0. The van der Waals surface area contributed by atoms with Gasteiger partial charge in [0.2, 0.25) is 11.8 Å². The molecule has 1 aromatic carbocycles. The van der Waals surface area contributed by atoms with E-state index in [1.807, 2.05) is 19.2 Å². The third-order valence-electron chi connectivity index (χ3n) is 6.23. The normalized spacial score (nSPS) is 17.6. The summed E-state index contributed by atoms with van der Waals surface area (Å²) in [7, 11) is 3.83. The number of benzene rings is 1. The number of likely N-dealkylation sites (tertiary alicyclic amines) is 1. The molecule has 178 valence electrons. The van der Waals surface area contributed by atoms with Crippen molar-refractivity contribution in [2.45, 2.75) is 31.9 Å². The Labute approximate surface area is 199 Å². The zero-order valence-electron chi connectivity index (χ0n) is 19.9. The van der Waals surface area contributed by atoms with Crippen LogP contribution in [0.25, 0.3) is 16.6 Å². The standard InChI is InChI=1S/C25H31N7O2/c1-16(15-33-3)29-25-28-13-20-19(6-9-26-24(20)31-25)17-4-5-21-22(12-17)30-23(14-27-21)34-18-7-10-32(2)11-8-18/h4-6,12-14,16,18H,7-11,15H2,1-3H3,(H2,26,28,29,31)/t16-/m0/s1. The number of ether oxygens (including phenoxy) is 2. The summed E-state index contributed by atoms with van der Waals surface area (Å²) in [5, 5.41) is 6.62. The first-order valence-corrected chi connectivity index (χ1v) is 11.8. The molecule has 9 heteroatoms. The van der Waals surface area contributed by atoms with Gasteiger partial charge in [0, 0.05) is 44.5 Å². The van der Waals surface area contributed by atoms with Gasteiger partial charge in [0.25, 0.3) is 0 Å². The van der Waals surface area contributed by atoms with E-state index in [1.165, 1.54) is 0 Å². The zero-order valence-corrected chi connectivity index (χ0v) is 19.9. The molecule has 1 saturated heterocycles. The van der Waals surface area contributed by atoms with Gasteiger partial charge in [0.15, 0.2) is 0 Å². The number of methoxy groups -OCH3 is 1. The molecular weight excluding hydrogens is 430 g/mol. The fourth-order valence-corrected chi connectivity index (χ4v) is 4.42. The molecule has 5 rings (SSSR count). The van der Waals surface area contributed by atoms with E-state index < -0.39 is 0 Å². The molecule has 3 aromatic rings. The molecule has 0 spiro atoms. The highest BCUT2D eigenvalue weighted by Crippen LogP contribution is 2.32. The SMILES string of the molecule is COC[C@H](C)Nc1ncc2c(n1)NCC=C2c1ccc2ncc(OC3CCN(C)CC3)nc2c1. The third kappa shape index (κ3) is 4.95. The van der Waals surface area contributed by atoms with Gasteiger partial charge < -0.3 is 25.0 Å². The second kappa shape index (κ2) is 9.90. The molecule has 4 heterocycles. The lowest BCUT2D eigenvalue weighted by Gasteiger charge is -2.28. The highest BCUT2D eigenvalue weighted by Gasteiger charge is 2.20. The van der Waals surface area contributed by atoms with Crippen molar-refractivity contribution in [2.75, 3.05) is 51.0 Å². The topological polar surface area (TPSA) is 97.3 Å². The van der Waals surface area contributed by atoms with Crippen LogP contribution in [0.5, 0.6) is 5.88 Å². The van der Waals surface area contributed by atoms with Crippen LogP contribution < -0.4 is 15.4 Å². The smallest absolute Gasteiger partial charge is 0.233 e. The number of piperidine rings is 1. The van der Waals surface area contributed by atoms with Crippen LogP contribution in [0.2, 0.25) is 0 Å². The molecule has 0 bridgehead atoms. The van der Waals surface area contributed by atoms with Crippen LogP contribution in [0.1, 0.15) is 30.9 Å². The maximum Gasteiger partial charge on any atom is 0.233 e. The largest absolute Gasteiger partial charge is 0.473 e. The predicted molar refractivity (Wildman–Crippen MR) is 133 cm³/mol. The van der Waals surface area contributed by atoms with Gasteiger partial charge in [-0.25, -0.2) is 15.0 Å². The summed E-state index contributed by atoms with van der Waals surface area (Å²) in [5.74, 6) is 1.98. The predicted octanol–water partition coefficient (Wildman–Crippen LogP) is 3.20. The molecule has 2 N–H and O–H groups in total. The number of hydrogen-bond acceptors (Lipinski definition) is 9. The Hall–Kier alpha value is -3.30. The lowest BCUT2D eigenvalue weighted by molar-refractivity contribution is 0.110. The second-order valence-corrected chi connectivity index (χ2v) is 8.99. The number of hydrogen-bond donors (Lipinski definition) is 2. The maximum absolute atomic E-state index is 6.15. The fraction of sp³-hybridized carbons (Fsp3) is 0.440. The Morgan fingerprint density at radius 2 is 2.00 bits per heavy atom. The Morgan fingerprint density at radius 1 is 1.15 bits per heavy atom.